The van der Waals surface area contributed by atoms with Gasteiger partial charge in [0.1, 0.15) is 5.75 Å². The Morgan fingerprint density at radius 3 is 2.56 bits per heavy atom. The lowest BCUT2D eigenvalue weighted by Gasteiger charge is -2.12. The number of rotatable bonds is 5. The molecule has 0 fully saturated rings. The molecule has 2 nitrogen and oxygen atoms in total. The lowest BCUT2D eigenvalue weighted by atomic mass is 10.1. The van der Waals surface area contributed by atoms with Gasteiger partial charge in [-0.15, -0.1) is 0 Å². The monoisotopic (exact) mass is 260 g/mol. The summed E-state index contributed by atoms with van der Waals surface area (Å²) in [6.45, 7) is 3.88. The van der Waals surface area contributed by atoms with Crippen LogP contribution in [0.4, 0.5) is 13.2 Å². The van der Waals surface area contributed by atoms with Crippen LogP contribution in [0.15, 0.2) is 18.2 Å². The summed E-state index contributed by atoms with van der Waals surface area (Å²) in [5.41, 5.74) is 0.170. The molecule has 18 heavy (non-hydrogen) atoms. The van der Waals surface area contributed by atoms with E-state index >= 15 is 0 Å². The Morgan fingerprint density at radius 2 is 2.00 bits per heavy atom. The van der Waals surface area contributed by atoms with Crippen LogP contribution in [0.25, 0.3) is 0 Å². The maximum absolute atomic E-state index is 12.4. The molecule has 100 valence electrons. The van der Waals surface area contributed by atoms with Crippen LogP contribution in [0.3, 0.4) is 0 Å². The highest BCUT2D eigenvalue weighted by Gasteiger charge is 2.40. The Kier molecular flexibility index (Phi) is 4.76. The zero-order valence-electron chi connectivity index (χ0n) is 10.3. The van der Waals surface area contributed by atoms with Crippen molar-refractivity contribution in [2.45, 2.75) is 32.9 Å². The fourth-order valence-corrected chi connectivity index (χ4v) is 1.43. The van der Waals surface area contributed by atoms with Gasteiger partial charge in [0.2, 0.25) is 0 Å². The van der Waals surface area contributed by atoms with Gasteiger partial charge in [-0.1, -0.05) is 25.0 Å². The van der Waals surface area contributed by atoms with Crippen molar-refractivity contribution >= 4 is 5.78 Å². The topological polar surface area (TPSA) is 26.3 Å². The fourth-order valence-electron chi connectivity index (χ4n) is 1.43. The lowest BCUT2D eigenvalue weighted by Crippen LogP contribution is -2.23. The SMILES string of the molecule is CCCCOc1ccc(C)cc1C(=O)C(F)(F)F. The van der Waals surface area contributed by atoms with E-state index in [0.29, 0.717) is 12.2 Å². The number of benzene rings is 1. The Labute approximate surface area is 104 Å². The Hall–Kier alpha value is -1.52. The van der Waals surface area contributed by atoms with Crippen molar-refractivity contribution in [3.63, 3.8) is 0 Å². The van der Waals surface area contributed by atoms with E-state index in [-0.39, 0.29) is 5.75 Å². The molecule has 0 heterocycles. The molecule has 0 aliphatic heterocycles. The number of ether oxygens (including phenoxy) is 1. The van der Waals surface area contributed by atoms with E-state index in [1.165, 1.54) is 12.1 Å². The second-order valence-electron chi connectivity index (χ2n) is 4.03. The first-order chi connectivity index (χ1) is 8.36. The average molecular weight is 260 g/mol. The van der Waals surface area contributed by atoms with Gasteiger partial charge in [-0.2, -0.15) is 13.2 Å². The minimum atomic E-state index is -4.88. The van der Waals surface area contributed by atoms with Crippen LogP contribution in [-0.2, 0) is 0 Å². The molecule has 0 unspecified atom stereocenters. The van der Waals surface area contributed by atoms with Crippen molar-refractivity contribution in [3.8, 4) is 5.75 Å². The number of hydrogen-bond donors (Lipinski definition) is 0. The molecular formula is C13H15F3O2. The number of halogens is 3. The number of alkyl halides is 3. The van der Waals surface area contributed by atoms with Gasteiger partial charge >= 0.3 is 6.18 Å². The molecule has 1 aromatic carbocycles. The molecule has 0 atom stereocenters. The van der Waals surface area contributed by atoms with Crippen molar-refractivity contribution in [1.29, 1.82) is 0 Å². The highest BCUT2D eigenvalue weighted by atomic mass is 19.4. The van der Waals surface area contributed by atoms with Crippen LogP contribution < -0.4 is 4.74 Å². The van der Waals surface area contributed by atoms with Crippen molar-refractivity contribution in [1.82, 2.24) is 0 Å². The van der Waals surface area contributed by atoms with E-state index in [2.05, 4.69) is 0 Å². The van der Waals surface area contributed by atoms with Crippen LogP contribution in [0.2, 0.25) is 0 Å². The first-order valence-corrected chi connectivity index (χ1v) is 5.71. The average Bonchev–Trinajstić information content (AvgIpc) is 2.29. The summed E-state index contributed by atoms with van der Waals surface area (Å²) in [6.07, 6.45) is -3.28. The molecule has 1 rings (SSSR count). The zero-order chi connectivity index (χ0) is 13.8. The molecule has 1 aromatic rings. The van der Waals surface area contributed by atoms with Gasteiger partial charge in [0.25, 0.3) is 5.78 Å². The van der Waals surface area contributed by atoms with Crippen LogP contribution in [-0.4, -0.2) is 18.6 Å². The molecule has 0 radical (unpaired) electrons. The third kappa shape index (κ3) is 3.75. The number of aryl methyl sites for hydroxylation is 1. The van der Waals surface area contributed by atoms with Gasteiger partial charge in [0, 0.05) is 0 Å². The summed E-state index contributed by atoms with van der Waals surface area (Å²) < 4.78 is 42.5. The summed E-state index contributed by atoms with van der Waals surface area (Å²) in [5.74, 6) is -1.87. The van der Waals surface area contributed by atoms with E-state index in [9.17, 15) is 18.0 Å². The third-order valence-corrected chi connectivity index (χ3v) is 2.39. The molecule has 0 amide bonds. The zero-order valence-corrected chi connectivity index (χ0v) is 10.3. The maximum Gasteiger partial charge on any atom is 0.455 e. The van der Waals surface area contributed by atoms with Gasteiger partial charge in [-0.05, 0) is 25.5 Å². The summed E-state index contributed by atoms with van der Waals surface area (Å²) in [4.78, 5) is 11.3. The first-order valence-electron chi connectivity index (χ1n) is 5.71. The molecule has 0 saturated heterocycles. The van der Waals surface area contributed by atoms with Gasteiger partial charge in [0.05, 0.1) is 12.2 Å². The molecular weight excluding hydrogens is 245 g/mol. The molecule has 0 aliphatic rings. The van der Waals surface area contributed by atoms with E-state index in [0.717, 1.165) is 12.8 Å². The Bertz CT molecular complexity index is 425. The quantitative estimate of drug-likeness (QED) is 0.592. The third-order valence-electron chi connectivity index (χ3n) is 2.39. The highest BCUT2D eigenvalue weighted by Crippen LogP contribution is 2.28. The van der Waals surface area contributed by atoms with Gasteiger partial charge in [-0.3, -0.25) is 4.79 Å². The smallest absolute Gasteiger partial charge is 0.455 e. The van der Waals surface area contributed by atoms with Crippen LogP contribution in [0.5, 0.6) is 5.75 Å². The summed E-state index contributed by atoms with van der Waals surface area (Å²) in [6, 6.07) is 4.23. The van der Waals surface area contributed by atoms with E-state index in [1.807, 2.05) is 6.92 Å². The predicted octanol–water partition coefficient (Wildman–Crippen LogP) is 3.92. The number of unbranched alkanes of at least 4 members (excludes halogenated alkanes) is 1. The normalized spacial score (nSPS) is 11.4. The number of Topliss-reactive ketones (excluding diaryl/α,β-unsaturated/α-hetero) is 1. The number of ketones is 1. The van der Waals surface area contributed by atoms with Crippen LogP contribution >= 0.6 is 0 Å². The standard InChI is InChI=1S/C13H15F3O2/c1-3-4-7-18-11-6-5-9(2)8-10(11)12(17)13(14,15)16/h5-6,8H,3-4,7H2,1-2H3. The Morgan fingerprint density at radius 1 is 1.33 bits per heavy atom. The van der Waals surface area contributed by atoms with Crippen LogP contribution in [0, 0.1) is 6.92 Å². The van der Waals surface area contributed by atoms with Gasteiger partial charge < -0.3 is 4.74 Å². The van der Waals surface area contributed by atoms with E-state index in [4.69, 9.17) is 4.74 Å². The van der Waals surface area contributed by atoms with Gasteiger partial charge in [-0.25, -0.2) is 0 Å². The summed E-state index contributed by atoms with van der Waals surface area (Å²) in [5, 5.41) is 0. The molecule has 0 bridgehead atoms. The van der Waals surface area contributed by atoms with Crippen molar-refractivity contribution in [2.24, 2.45) is 0 Å². The minimum Gasteiger partial charge on any atom is -0.493 e. The van der Waals surface area contributed by atoms with Crippen molar-refractivity contribution in [3.05, 3.63) is 29.3 Å². The number of carbonyl (C=O) groups is 1. The molecule has 0 spiro atoms. The molecule has 0 aromatic heterocycles. The van der Waals surface area contributed by atoms with Crippen molar-refractivity contribution in [2.75, 3.05) is 6.61 Å². The number of hydrogen-bond acceptors (Lipinski definition) is 2. The summed E-state index contributed by atoms with van der Waals surface area (Å²) >= 11 is 0. The Balaban J connectivity index is 3.00. The predicted molar refractivity (Wildman–Crippen MR) is 62.0 cm³/mol. The summed E-state index contributed by atoms with van der Waals surface area (Å²) in [7, 11) is 0. The second-order valence-corrected chi connectivity index (χ2v) is 4.03. The largest absolute Gasteiger partial charge is 0.493 e. The van der Waals surface area contributed by atoms with E-state index < -0.39 is 17.5 Å². The van der Waals surface area contributed by atoms with E-state index in [1.54, 1.807) is 13.0 Å². The lowest BCUT2D eigenvalue weighted by molar-refractivity contribution is -0.0886. The van der Waals surface area contributed by atoms with Gasteiger partial charge in [0.15, 0.2) is 0 Å². The minimum absolute atomic E-state index is 0.00336. The molecule has 0 aliphatic carbocycles. The van der Waals surface area contributed by atoms with Crippen LogP contribution in [0.1, 0.15) is 35.7 Å². The first kappa shape index (κ1) is 14.5. The molecule has 5 heteroatoms. The van der Waals surface area contributed by atoms with Crippen molar-refractivity contribution < 1.29 is 22.7 Å². The highest BCUT2D eigenvalue weighted by molar-refractivity contribution is 6.02. The number of carbonyl (C=O) groups excluding carboxylic acids is 1. The maximum atomic E-state index is 12.4. The second kappa shape index (κ2) is 5.89. The fraction of sp³-hybridized carbons (Fsp3) is 0.462. The molecule has 0 N–H and O–H groups in total. The molecule has 0 saturated carbocycles.